The molecule has 1 atom stereocenters. The van der Waals surface area contributed by atoms with E-state index in [1.54, 1.807) is 11.9 Å². The van der Waals surface area contributed by atoms with Crippen molar-refractivity contribution in [2.45, 2.75) is 43.6 Å². The monoisotopic (exact) mass is 365 g/mol. The lowest BCUT2D eigenvalue weighted by Crippen LogP contribution is -2.50. The fourth-order valence-corrected chi connectivity index (χ4v) is 4.54. The van der Waals surface area contributed by atoms with Gasteiger partial charge in [0.1, 0.15) is 10.6 Å². The molecule has 2 aliphatic heterocycles. The molecule has 0 aromatic carbocycles. The Morgan fingerprint density at radius 3 is 2.96 bits per heavy atom. The van der Waals surface area contributed by atoms with E-state index in [1.807, 2.05) is 0 Å². The number of amides is 2. The van der Waals surface area contributed by atoms with Gasteiger partial charge in [-0.3, -0.25) is 9.69 Å². The van der Waals surface area contributed by atoms with Crippen molar-refractivity contribution in [3.63, 3.8) is 0 Å². The fourth-order valence-electron chi connectivity index (χ4n) is 3.61. The van der Waals surface area contributed by atoms with E-state index in [0.717, 1.165) is 24.4 Å². The van der Waals surface area contributed by atoms with Gasteiger partial charge in [0.15, 0.2) is 0 Å². The van der Waals surface area contributed by atoms with Crippen LogP contribution in [0.2, 0.25) is 0 Å². The number of hydrogen-bond donors (Lipinski definition) is 1. The van der Waals surface area contributed by atoms with E-state index in [4.69, 9.17) is 4.74 Å². The molecule has 25 heavy (non-hydrogen) atoms. The molecule has 2 saturated heterocycles. The number of rotatable bonds is 5. The molecule has 1 aliphatic carbocycles. The van der Waals surface area contributed by atoms with Gasteiger partial charge < -0.3 is 15.0 Å². The Hall–Kier alpha value is -1.74. The first-order valence-electron chi connectivity index (χ1n) is 8.83. The summed E-state index contributed by atoms with van der Waals surface area (Å²) in [5.41, 5.74) is -0.404. The number of anilines is 1. The van der Waals surface area contributed by atoms with Crippen molar-refractivity contribution < 1.29 is 14.3 Å². The number of carbonyl (C=O) groups is 2. The zero-order valence-electron chi connectivity index (χ0n) is 14.4. The van der Waals surface area contributed by atoms with Crippen molar-refractivity contribution in [2.24, 2.45) is 0 Å². The molecule has 1 aromatic heterocycles. The number of carbonyl (C=O) groups excluding carboxylic acids is 2. The zero-order chi connectivity index (χ0) is 17.4. The number of hydrogen-bond acceptors (Lipinski definition) is 7. The summed E-state index contributed by atoms with van der Waals surface area (Å²) in [6.45, 7) is 2.91. The first-order valence-corrected chi connectivity index (χ1v) is 9.64. The van der Waals surface area contributed by atoms with Crippen molar-refractivity contribution in [3.05, 3.63) is 5.01 Å². The molecule has 2 amide bonds. The SMILES string of the molecule is CN1C[C@]2(CCCN(CCC(=O)Nc3nnc(C4CC4)s3)C2)OC1=O. The number of nitrogens with one attached hydrogen (secondary N) is 1. The van der Waals surface area contributed by atoms with E-state index < -0.39 is 5.60 Å². The van der Waals surface area contributed by atoms with Gasteiger partial charge in [0.25, 0.3) is 0 Å². The summed E-state index contributed by atoms with van der Waals surface area (Å²) in [6.07, 6.45) is 4.38. The topological polar surface area (TPSA) is 87.7 Å². The highest BCUT2D eigenvalue weighted by Crippen LogP contribution is 2.42. The average molecular weight is 365 g/mol. The molecule has 3 heterocycles. The third-order valence-electron chi connectivity index (χ3n) is 5.03. The molecule has 1 N–H and O–H groups in total. The maximum absolute atomic E-state index is 12.2. The first-order chi connectivity index (χ1) is 12.0. The van der Waals surface area contributed by atoms with E-state index >= 15 is 0 Å². The van der Waals surface area contributed by atoms with Gasteiger partial charge >= 0.3 is 6.09 Å². The predicted octanol–water partition coefficient (Wildman–Crippen LogP) is 1.66. The Kier molecular flexibility index (Phi) is 4.36. The highest BCUT2D eigenvalue weighted by molar-refractivity contribution is 7.15. The van der Waals surface area contributed by atoms with Gasteiger partial charge in [-0.15, -0.1) is 10.2 Å². The van der Waals surface area contributed by atoms with Crippen LogP contribution in [0.25, 0.3) is 0 Å². The molecule has 1 saturated carbocycles. The van der Waals surface area contributed by atoms with Gasteiger partial charge in [-0.05, 0) is 32.2 Å². The number of nitrogens with zero attached hydrogens (tertiary/aromatic N) is 4. The lowest BCUT2D eigenvalue weighted by Gasteiger charge is -2.38. The lowest BCUT2D eigenvalue weighted by molar-refractivity contribution is -0.116. The maximum Gasteiger partial charge on any atom is 0.410 e. The third kappa shape index (κ3) is 3.77. The number of likely N-dealkylation sites (N-methyl/N-ethyl adjacent to an activating group) is 1. The minimum absolute atomic E-state index is 0.0429. The second-order valence-electron chi connectivity index (χ2n) is 7.30. The van der Waals surface area contributed by atoms with Crippen LogP contribution in [0.4, 0.5) is 9.93 Å². The lowest BCUT2D eigenvalue weighted by atomic mass is 9.92. The summed E-state index contributed by atoms with van der Waals surface area (Å²) >= 11 is 1.48. The standard InChI is InChI=1S/C16H23N5O3S/c1-20-9-16(24-15(20)23)6-2-7-21(10-16)8-5-12(22)17-14-19-18-13(25-14)11-3-4-11/h11H,2-10H2,1H3,(H,17,19,22)/t16-/m0/s1. The van der Waals surface area contributed by atoms with Gasteiger partial charge in [0.05, 0.1) is 6.54 Å². The average Bonchev–Trinajstić information content (AvgIpc) is 3.26. The van der Waals surface area contributed by atoms with Crippen LogP contribution >= 0.6 is 11.3 Å². The highest BCUT2D eigenvalue weighted by atomic mass is 32.1. The summed E-state index contributed by atoms with van der Waals surface area (Å²) < 4.78 is 5.59. The largest absolute Gasteiger partial charge is 0.440 e. The quantitative estimate of drug-likeness (QED) is 0.854. The molecule has 3 aliphatic rings. The second kappa shape index (κ2) is 6.53. The molecule has 136 valence electrons. The van der Waals surface area contributed by atoms with E-state index in [9.17, 15) is 9.59 Å². The Labute approximate surface area is 150 Å². The van der Waals surface area contributed by atoms with Crippen LogP contribution in [-0.4, -0.2) is 70.8 Å². The van der Waals surface area contributed by atoms with Crippen LogP contribution in [0.3, 0.4) is 0 Å². The molecule has 3 fully saturated rings. The number of piperidine rings is 1. The molecule has 0 bridgehead atoms. The molecule has 4 rings (SSSR count). The minimum Gasteiger partial charge on any atom is -0.440 e. The smallest absolute Gasteiger partial charge is 0.410 e. The number of ether oxygens (including phenoxy) is 1. The fraction of sp³-hybridized carbons (Fsp3) is 0.750. The second-order valence-corrected chi connectivity index (χ2v) is 8.31. The normalized spacial score (nSPS) is 26.9. The zero-order valence-corrected chi connectivity index (χ0v) is 15.2. The van der Waals surface area contributed by atoms with E-state index in [1.165, 1.54) is 24.2 Å². The van der Waals surface area contributed by atoms with Crippen molar-refractivity contribution >= 4 is 28.5 Å². The summed E-state index contributed by atoms with van der Waals surface area (Å²) in [4.78, 5) is 27.7. The van der Waals surface area contributed by atoms with Crippen LogP contribution in [-0.2, 0) is 9.53 Å². The van der Waals surface area contributed by atoms with Gasteiger partial charge in [0.2, 0.25) is 11.0 Å². The van der Waals surface area contributed by atoms with Crippen molar-refractivity contribution in [1.82, 2.24) is 20.0 Å². The van der Waals surface area contributed by atoms with E-state index in [-0.39, 0.29) is 12.0 Å². The molecule has 8 nitrogen and oxygen atoms in total. The van der Waals surface area contributed by atoms with Crippen molar-refractivity contribution in [3.8, 4) is 0 Å². The predicted molar refractivity (Wildman–Crippen MR) is 92.6 cm³/mol. The minimum atomic E-state index is -0.404. The Morgan fingerprint density at radius 2 is 2.24 bits per heavy atom. The van der Waals surface area contributed by atoms with Crippen LogP contribution in [0.15, 0.2) is 0 Å². The van der Waals surface area contributed by atoms with Gasteiger partial charge in [-0.2, -0.15) is 0 Å². The molecular formula is C16H23N5O3S. The van der Waals surface area contributed by atoms with Crippen LogP contribution in [0.5, 0.6) is 0 Å². The maximum atomic E-state index is 12.2. The van der Waals surface area contributed by atoms with Gasteiger partial charge in [0, 0.05) is 32.5 Å². The summed E-state index contributed by atoms with van der Waals surface area (Å²) in [6, 6.07) is 0. The summed E-state index contributed by atoms with van der Waals surface area (Å²) in [5, 5.41) is 12.6. The molecule has 1 aromatic rings. The third-order valence-corrected chi connectivity index (χ3v) is 6.03. The Morgan fingerprint density at radius 1 is 1.40 bits per heavy atom. The van der Waals surface area contributed by atoms with Gasteiger partial charge in [-0.1, -0.05) is 11.3 Å². The highest BCUT2D eigenvalue weighted by Gasteiger charge is 2.46. The van der Waals surface area contributed by atoms with Gasteiger partial charge in [-0.25, -0.2) is 4.79 Å². The number of likely N-dealkylation sites (tertiary alicyclic amines) is 1. The number of aromatic nitrogens is 2. The molecule has 0 unspecified atom stereocenters. The molecule has 9 heteroatoms. The Balaban J connectivity index is 1.26. The van der Waals surface area contributed by atoms with E-state index in [2.05, 4.69) is 20.4 Å². The molecule has 0 radical (unpaired) electrons. The van der Waals surface area contributed by atoms with Crippen molar-refractivity contribution in [1.29, 1.82) is 0 Å². The summed E-state index contributed by atoms with van der Waals surface area (Å²) in [7, 11) is 1.77. The van der Waals surface area contributed by atoms with E-state index in [0.29, 0.717) is 37.1 Å². The van der Waals surface area contributed by atoms with Crippen molar-refractivity contribution in [2.75, 3.05) is 38.5 Å². The Bertz CT molecular complexity index is 676. The summed E-state index contributed by atoms with van der Waals surface area (Å²) in [5.74, 6) is 0.513. The molecule has 1 spiro atoms. The van der Waals surface area contributed by atoms with Crippen LogP contribution in [0, 0.1) is 0 Å². The van der Waals surface area contributed by atoms with Crippen LogP contribution < -0.4 is 5.32 Å². The molecular weight excluding hydrogens is 342 g/mol. The van der Waals surface area contributed by atoms with Crippen LogP contribution in [0.1, 0.15) is 43.0 Å². The first kappa shape index (κ1) is 16.7.